The van der Waals surface area contributed by atoms with Crippen molar-refractivity contribution in [2.45, 2.75) is 134 Å². The topological polar surface area (TPSA) is 111 Å². The lowest BCUT2D eigenvalue weighted by Crippen LogP contribution is -2.70. The van der Waals surface area contributed by atoms with E-state index in [1.54, 1.807) is 0 Å². The Morgan fingerprint density at radius 1 is 0.945 bits per heavy atom. The van der Waals surface area contributed by atoms with Crippen molar-refractivity contribution in [3.8, 4) is 11.1 Å². The summed E-state index contributed by atoms with van der Waals surface area (Å²) in [6.07, 6.45) is -3.79. The van der Waals surface area contributed by atoms with Crippen molar-refractivity contribution < 1.29 is 42.4 Å². The molecular formula is C44H59NO9Si. The number of ether oxygens (including phenoxy) is 6. The number of carbonyl (C=O) groups is 2. The lowest BCUT2D eigenvalue weighted by atomic mass is 9.95. The summed E-state index contributed by atoms with van der Waals surface area (Å²) < 4.78 is 44.7. The number of benzene rings is 3. The number of hydrogen-bond acceptors (Lipinski definition) is 9. The van der Waals surface area contributed by atoms with E-state index in [2.05, 4.69) is 70.4 Å². The maximum Gasteiger partial charge on any atom is 0.407 e. The first-order valence-corrected chi connectivity index (χ1v) is 22.6. The maximum atomic E-state index is 14.0. The molecule has 1 amide bonds. The van der Waals surface area contributed by atoms with E-state index in [4.69, 9.17) is 32.8 Å². The monoisotopic (exact) mass is 773 g/mol. The van der Waals surface area contributed by atoms with Gasteiger partial charge < -0.3 is 38.2 Å². The average Bonchev–Trinajstić information content (AvgIpc) is 3.47. The van der Waals surface area contributed by atoms with Crippen LogP contribution in [0.5, 0.6) is 0 Å². The third-order valence-electron chi connectivity index (χ3n) is 12.1. The summed E-state index contributed by atoms with van der Waals surface area (Å²) in [6.45, 7) is 19.4. The van der Waals surface area contributed by atoms with Crippen molar-refractivity contribution in [3.05, 3.63) is 95.6 Å². The summed E-state index contributed by atoms with van der Waals surface area (Å²) in [4.78, 5) is 27.9. The van der Waals surface area contributed by atoms with Gasteiger partial charge in [-0.05, 0) is 72.1 Å². The zero-order chi connectivity index (χ0) is 39.5. The number of esters is 1. The van der Waals surface area contributed by atoms with E-state index in [1.165, 1.54) is 0 Å². The Labute approximate surface area is 327 Å². The molecular weight excluding hydrogens is 715 g/mol. The molecule has 2 fully saturated rings. The number of carbonyl (C=O) groups excluding carboxylic acids is 2. The van der Waals surface area contributed by atoms with Crippen LogP contribution < -0.4 is 5.32 Å². The van der Waals surface area contributed by atoms with Crippen LogP contribution in [0.15, 0.2) is 78.9 Å². The van der Waals surface area contributed by atoms with E-state index in [1.807, 2.05) is 75.4 Å². The minimum atomic E-state index is -2.58. The molecule has 6 rings (SSSR count). The number of rotatable bonds is 14. The molecule has 298 valence electrons. The third kappa shape index (κ3) is 9.19. The van der Waals surface area contributed by atoms with Gasteiger partial charge in [-0.15, -0.1) is 0 Å². The maximum absolute atomic E-state index is 14.0. The van der Waals surface area contributed by atoms with Crippen molar-refractivity contribution in [2.75, 3.05) is 13.2 Å². The molecule has 1 aliphatic carbocycles. The average molecular weight is 774 g/mol. The van der Waals surface area contributed by atoms with Gasteiger partial charge in [0.1, 0.15) is 24.9 Å². The van der Waals surface area contributed by atoms with Gasteiger partial charge >= 0.3 is 12.1 Å². The largest absolute Gasteiger partial charge is 0.457 e. The SMILES string of the molecule is CC[C@@H](CC(=O)O[C@@H]1C(NC(=O)OCC2c3ccccc3-c3ccccc32)[C@H](O[Si](C)(C)C(C)(C)C(C)C)OC2COC(C)(C)O[C@@H]21)OCc1ccccc1. The minimum absolute atomic E-state index is 0.0157. The van der Waals surface area contributed by atoms with E-state index in [0.29, 0.717) is 18.9 Å². The Bertz CT molecular complexity index is 1730. The molecule has 55 heavy (non-hydrogen) atoms. The van der Waals surface area contributed by atoms with E-state index in [-0.39, 0.29) is 36.7 Å². The van der Waals surface area contributed by atoms with Crippen molar-refractivity contribution in [2.24, 2.45) is 5.92 Å². The molecule has 6 atom stereocenters. The summed E-state index contributed by atoms with van der Waals surface area (Å²) in [5.41, 5.74) is 5.50. The molecule has 3 aromatic rings. The van der Waals surface area contributed by atoms with Gasteiger partial charge in [0, 0.05) is 5.92 Å². The zero-order valence-corrected chi connectivity index (χ0v) is 34.8. The summed E-state index contributed by atoms with van der Waals surface area (Å²) in [7, 11) is -2.58. The zero-order valence-electron chi connectivity index (χ0n) is 33.8. The fraction of sp³-hybridized carbons (Fsp3) is 0.545. The van der Waals surface area contributed by atoms with Gasteiger partial charge in [0.15, 0.2) is 26.5 Å². The highest BCUT2D eigenvalue weighted by atomic mass is 28.4. The van der Waals surface area contributed by atoms with Crippen LogP contribution in [0.2, 0.25) is 18.1 Å². The van der Waals surface area contributed by atoms with Crippen LogP contribution >= 0.6 is 0 Å². The first-order valence-electron chi connectivity index (χ1n) is 19.7. The number of hydrogen-bond donors (Lipinski definition) is 1. The van der Waals surface area contributed by atoms with Gasteiger partial charge in [-0.25, -0.2) is 4.79 Å². The molecule has 0 spiro atoms. The second-order valence-electron chi connectivity index (χ2n) is 16.8. The van der Waals surface area contributed by atoms with Gasteiger partial charge in [0.2, 0.25) is 0 Å². The Morgan fingerprint density at radius 2 is 1.56 bits per heavy atom. The molecule has 3 aliphatic rings. The highest BCUT2D eigenvalue weighted by molar-refractivity contribution is 6.74. The number of fused-ring (bicyclic) bond motifs is 4. The van der Waals surface area contributed by atoms with E-state index in [9.17, 15) is 9.59 Å². The fourth-order valence-corrected chi connectivity index (χ4v) is 10.1. The first kappa shape index (κ1) is 41.1. The lowest BCUT2D eigenvalue weighted by Gasteiger charge is -2.53. The van der Waals surface area contributed by atoms with Crippen LogP contribution in [0.25, 0.3) is 11.1 Å². The number of alkyl carbamates (subject to hydrolysis) is 1. The highest BCUT2D eigenvalue weighted by Gasteiger charge is 2.56. The van der Waals surface area contributed by atoms with Crippen LogP contribution in [0.4, 0.5) is 4.79 Å². The predicted molar refractivity (Wildman–Crippen MR) is 213 cm³/mol. The van der Waals surface area contributed by atoms with Crippen LogP contribution in [0.1, 0.15) is 83.9 Å². The second kappa shape index (κ2) is 16.9. The molecule has 11 heteroatoms. The van der Waals surface area contributed by atoms with Gasteiger partial charge in [-0.2, -0.15) is 0 Å². The van der Waals surface area contributed by atoms with Crippen molar-refractivity contribution in [3.63, 3.8) is 0 Å². The third-order valence-corrected chi connectivity index (χ3v) is 16.6. The normalized spacial score (nSPS) is 24.0. The van der Waals surface area contributed by atoms with Crippen LogP contribution in [0.3, 0.4) is 0 Å². The standard InChI is InChI=1S/C44H59NO9Si/c1-10-30(48-25-29-18-12-11-13-19-29)24-37(46)52-40-38(45-42(47)49-26-35-33-22-16-14-20-31(33)32-21-15-17-23-34(32)35)41(54-55(8,9)43(4,5)28(2)3)51-36-27-50-44(6,7)53-39(36)40/h11-23,28,30,35-36,38-41H,10,24-27H2,1-9H3,(H,45,47)/t30-,36?,38?,39-,40+,41-/m0/s1. The Balaban J connectivity index is 1.26. The molecule has 0 saturated carbocycles. The van der Waals surface area contributed by atoms with E-state index >= 15 is 0 Å². The van der Waals surface area contributed by atoms with Gasteiger partial charge in [0.25, 0.3) is 0 Å². The lowest BCUT2D eigenvalue weighted by molar-refractivity contribution is -0.363. The van der Waals surface area contributed by atoms with E-state index in [0.717, 1.165) is 27.8 Å². The molecule has 2 saturated heterocycles. The summed E-state index contributed by atoms with van der Waals surface area (Å²) in [5.74, 6) is -1.30. The van der Waals surface area contributed by atoms with Gasteiger partial charge in [0.05, 0.1) is 25.7 Å². The van der Waals surface area contributed by atoms with Crippen LogP contribution in [-0.2, 0) is 44.2 Å². The van der Waals surface area contributed by atoms with Crippen molar-refractivity contribution >= 4 is 20.4 Å². The quantitative estimate of drug-likeness (QED) is 0.127. The molecule has 10 nitrogen and oxygen atoms in total. The van der Waals surface area contributed by atoms with Gasteiger partial charge in [-0.1, -0.05) is 113 Å². The predicted octanol–water partition coefficient (Wildman–Crippen LogP) is 8.73. The molecule has 2 aliphatic heterocycles. The smallest absolute Gasteiger partial charge is 0.407 e. The van der Waals surface area contributed by atoms with E-state index < -0.39 is 56.8 Å². The summed E-state index contributed by atoms with van der Waals surface area (Å²) >= 11 is 0. The first-order chi connectivity index (χ1) is 26.1. The molecule has 0 radical (unpaired) electrons. The Hall–Kier alpha value is -3.58. The van der Waals surface area contributed by atoms with Crippen molar-refractivity contribution in [1.29, 1.82) is 0 Å². The molecule has 2 unspecified atom stereocenters. The number of amides is 1. The molecule has 3 aromatic carbocycles. The minimum Gasteiger partial charge on any atom is -0.457 e. The van der Waals surface area contributed by atoms with Crippen LogP contribution in [-0.4, -0.2) is 76.1 Å². The highest BCUT2D eigenvalue weighted by Crippen LogP contribution is 2.47. The summed E-state index contributed by atoms with van der Waals surface area (Å²) in [5, 5.41) is 2.87. The molecule has 2 heterocycles. The summed E-state index contributed by atoms with van der Waals surface area (Å²) in [6, 6.07) is 25.3. The number of nitrogens with one attached hydrogen (secondary N) is 1. The van der Waals surface area contributed by atoms with Gasteiger partial charge in [-0.3, -0.25) is 4.79 Å². The Kier molecular flexibility index (Phi) is 12.6. The van der Waals surface area contributed by atoms with Crippen LogP contribution in [0, 0.1) is 5.92 Å². The second-order valence-corrected chi connectivity index (χ2v) is 21.4. The molecule has 1 N–H and O–H groups in total. The molecule has 0 bridgehead atoms. The van der Waals surface area contributed by atoms with Crippen molar-refractivity contribution in [1.82, 2.24) is 5.32 Å². The molecule has 0 aromatic heterocycles. The Morgan fingerprint density at radius 3 is 2.18 bits per heavy atom. The fourth-order valence-electron chi connectivity index (χ4n) is 7.63.